The first-order valence-corrected chi connectivity index (χ1v) is 12.2. The van der Waals surface area contributed by atoms with E-state index in [1.807, 2.05) is 12.4 Å². The maximum atomic E-state index is 6.45. The Bertz CT molecular complexity index is 1290. The molecule has 0 saturated carbocycles. The summed E-state index contributed by atoms with van der Waals surface area (Å²) >= 11 is 0. The van der Waals surface area contributed by atoms with Crippen molar-refractivity contribution in [1.82, 2.24) is 0 Å². The molecule has 2 heterocycles. The Balaban J connectivity index is 1.60. The lowest BCUT2D eigenvalue weighted by molar-refractivity contribution is 0.00578. The van der Waals surface area contributed by atoms with E-state index in [-0.39, 0.29) is 22.5 Å². The molecule has 6 rings (SSSR count). The Morgan fingerprint density at radius 3 is 2.18 bits per heavy atom. The van der Waals surface area contributed by atoms with Crippen molar-refractivity contribution in [2.75, 3.05) is 0 Å². The maximum absolute atomic E-state index is 6.45. The lowest BCUT2D eigenvalue weighted by atomic mass is 9.62. The van der Waals surface area contributed by atoms with Gasteiger partial charge in [0.2, 0.25) is 0 Å². The molecule has 0 aromatic heterocycles. The maximum Gasteiger partial charge on any atom is 0.494 e. The molecule has 0 radical (unpaired) electrons. The summed E-state index contributed by atoms with van der Waals surface area (Å²) in [5.41, 5.74) is 6.57. The minimum absolute atomic E-state index is 0.253. The number of hydrogen-bond donors (Lipinski definition) is 0. The number of allylic oxidation sites excluding steroid dienone is 1. The summed E-state index contributed by atoms with van der Waals surface area (Å²) < 4.78 is 12.9. The minimum Gasteiger partial charge on any atom is -0.399 e. The molecular weight excluding hydrogens is 417 g/mol. The third-order valence-electron chi connectivity index (χ3n) is 8.29. The molecule has 0 N–H and O–H groups in total. The van der Waals surface area contributed by atoms with Gasteiger partial charge in [-0.25, -0.2) is 0 Å². The van der Waals surface area contributed by atoms with Gasteiger partial charge in [-0.05, 0) is 67.4 Å². The zero-order chi connectivity index (χ0) is 23.6. The van der Waals surface area contributed by atoms with Gasteiger partial charge in [0, 0.05) is 18.3 Å². The molecule has 1 fully saturated rings. The summed E-state index contributed by atoms with van der Waals surface area (Å²) in [6.45, 7) is 8.43. The van der Waals surface area contributed by atoms with Crippen LogP contribution in [-0.4, -0.2) is 24.5 Å². The average molecular weight is 447 g/mol. The van der Waals surface area contributed by atoms with Crippen molar-refractivity contribution in [3.63, 3.8) is 0 Å². The van der Waals surface area contributed by atoms with E-state index < -0.39 is 7.12 Å². The SMILES string of the molecule is CC1(C)OB(c2ccc3c(c2)C(c2ccccc2)(C2C=CN=CC2)c2ccccc2-3)OC1(C)C. The Labute approximate surface area is 202 Å². The molecule has 3 aromatic carbocycles. The van der Waals surface area contributed by atoms with Gasteiger partial charge in [0.1, 0.15) is 0 Å². The number of rotatable bonds is 3. The standard InChI is InChI=1S/C30H30BNO2/c1-28(2)29(3,4)34-31(33-28)23-14-15-25-24-12-8-9-13-26(24)30(27(25)20-23,21-10-6-5-7-11-21)22-16-18-32-19-17-22/h5-16,18-20,22H,17H2,1-4H3. The van der Waals surface area contributed by atoms with E-state index >= 15 is 0 Å². The second-order valence-corrected chi connectivity index (χ2v) is 10.6. The van der Waals surface area contributed by atoms with E-state index in [1.54, 1.807) is 0 Å². The van der Waals surface area contributed by atoms with Crippen LogP contribution in [0.25, 0.3) is 11.1 Å². The summed E-state index contributed by atoms with van der Waals surface area (Å²) in [4.78, 5) is 4.40. The fourth-order valence-electron chi connectivity index (χ4n) is 5.87. The first-order chi connectivity index (χ1) is 16.3. The monoisotopic (exact) mass is 447 g/mol. The van der Waals surface area contributed by atoms with Crippen LogP contribution in [0.4, 0.5) is 0 Å². The van der Waals surface area contributed by atoms with Crippen molar-refractivity contribution in [3.05, 3.63) is 102 Å². The summed E-state index contributed by atoms with van der Waals surface area (Å²) in [6.07, 6.45) is 7.17. The minimum atomic E-state index is -0.393. The molecule has 0 spiro atoms. The smallest absolute Gasteiger partial charge is 0.399 e. The van der Waals surface area contributed by atoms with E-state index in [2.05, 4.69) is 112 Å². The average Bonchev–Trinajstić information content (AvgIpc) is 3.27. The zero-order valence-corrected chi connectivity index (χ0v) is 20.3. The van der Waals surface area contributed by atoms with Gasteiger partial charge in [0.15, 0.2) is 0 Å². The van der Waals surface area contributed by atoms with Crippen LogP contribution in [0, 0.1) is 5.92 Å². The highest BCUT2D eigenvalue weighted by atomic mass is 16.7. The molecule has 4 heteroatoms. The molecule has 3 aliphatic rings. The molecule has 2 unspecified atom stereocenters. The first-order valence-electron chi connectivity index (χ1n) is 12.2. The number of hydrogen-bond acceptors (Lipinski definition) is 3. The fraction of sp³-hybridized carbons (Fsp3) is 0.300. The second kappa shape index (κ2) is 7.53. The number of nitrogens with zero attached hydrogens (tertiary/aromatic N) is 1. The van der Waals surface area contributed by atoms with Crippen molar-refractivity contribution in [3.8, 4) is 11.1 Å². The van der Waals surface area contributed by atoms with Crippen molar-refractivity contribution in [1.29, 1.82) is 0 Å². The van der Waals surface area contributed by atoms with E-state index in [0.717, 1.165) is 11.9 Å². The van der Waals surface area contributed by atoms with Crippen molar-refractivity contribution in [2.24, 2.45) is 10.9 Å². The van der Waals surface area contributed by atoms with Crippen LogP contribution in [-0.2, 0) is 14.7 Å². The van der Waals surface area contributed by atoms with Gasteiger partial charge in [-0.3, -0.25) is 4.99 Å². The topological polar surface area (TPSA) is 30.8 Å². The largest absolute Gasteiger partial charge is 0.494 e. The molecule has 1 aliphatic carbocycles. The Morgan fingerprint density at radius 2 is 1.47 bits per heavy atom. The van der Waals surface area contributed by atoms with Crippen LogP contribution in [0.3, 0.4) is 0 Å². The van der Waals surface area contributed by atoms with Gasteiger partial charge in [-0.2, -0.15) is 0 Å². The lowest BCUT2D eigenvalue weighted by Gasteiger charge is -2.39. The van der Waals surface area contributed by atoms with Crippen molar-refractivity contribution < 1.29 is 9.31 Å². The molecule has 3 aromatic rings. The van der Waals surface area contributed by atoms with E-state index in [0.29, 0.717) is 0 Å². The van der Waals surface area contributed by atoms with Crippen LogP contribution in [0.2, 0.25) is 0 Å². The molecule has 0 bridgehead atoms. The van der Waals surface area contributed by atoms with Gasteiger partial charge >= 0.3 is 7.12 Å². The van der Waals surface area contributed by atoms with Crippen LogP contribution >= 0.6 is 0 Å². The van der Waals surface area contributed by atoms with E-state index in [1.165, 1.54) is 27.8 Å². The van der Waals surface area contributed by atoms with Crippen LogP contribution in [0.5, 0.6) is 0 Å². The van der Waals surface area contributed by atoms with Crippen LogP contribution in [0.1, 0.15) is 50.8 Å². The third-order valence-corrected chi connectivity index (χ3v) is 8.29. The van der Waals surface area contributed by atoms with Crippen molar-refractivity contribution in [2.45, 2.75) is 50.7 Å². The molecule has 3 nitrogen and oxygen atoms in total. The fourth-order valence-corrected chi connectivity index (χ4v) is 5.87. The van der Waals surface area contributed by atoms with Gasteiger partial charge in [0.05, 0.1) is 16.6 Å². The van der Waals surface area contributed by atoms with Gasteiger partial charge in [0.25, 0.3) is 0 Å². The Morgan fingerprint density at radius 1 is 0.794 bits per heavy atom. The zero-order valence-electron chi connectivity index (χ0n) is 20.3. The summed E-state index contributed by atoms with van der Waals surface area (Å²) in [5, 5.41) is 0. The molecule has 2 atom stereocenters. The highest BCUT2D eigenvalue weighted by Crippen LogP contribution is 2.57. The number of benzene rings is 3. The quantitative estimate of drug-likeness (QED) is 0.468. The molecule has 34 heavy (non-hydrogen) atoms. The summed E-state index contributed by atoms with van der Waals surface area (Å²) in [7, 11) is -0.393. The first kappa shape index (κ1) is 21.6. The van der Waals surface area contributed by atoms with Crippen molar-refractivity contribution >= 4 is 18.8 Å². The Hall–Kier alpha value is -2.95. The third kappa shape index (κ3) is 2.95. The predicted molar refractivity (Wildman–Crippen MR) is 140 cm³/mol. The highest BCUT2D eigenvalue weighted by molar-refractivity contribution is 6.62. The molecule has 1 saturated heterocycles. The van der Waals surface area contributed by atoms with Gasteiger partial charge in [-0.15, -0.1) is 0 Å². The van der Waals surface area contributed by atoms with Gasteiger partial charge < -0.3 is 9.31 Å². The van der Waals surface area contributed by atoms with Gasteiger partial charge in [-0.1, -0.05) is 78.9 Å². The predicted octanol–water partition coefficient (Wildman–Crippen LogP) is 5.91. The van der Waals surface area contributed by atoms with E-state index in [9.17, 15) is 0 Å². The normalized spacial score (nSPS) is 25.9. The molecular formula is C30H30BNO2. The molecule has 0 amide bonds. The highest BCUT2D eigenvalue weighted by Gasteiger charge is 2.53. The molecule has 170 valence electrons. The van der Waals surface area contributed by atoms with Crippen LogP contribution in [0.15, 0.2) is 90.1 Å². The summed E-state index contributed by atoms with van der Waals surface area (Å²) in [6, 6.07) is 26.6. The van der Waals surface area contributed by atoms with E-state index in [4.69, 9.17) is 9.31 Å². The van der Waals surface area contributed by atoms with Crippen LogP contribution < -0.4 is 5.46 Å². The lowest BCUT2D eigenvalue weighted by Crippen LogP contribution is -2.41. The second-order valence-electron chi connectivity index (χ2n) is 10.6. The molecule has 2 aliphatic heterocycles. The number of fused-ring (bicyclic) bond motifs is 3. The number of aliphatic imine (C=N–C) groups is 1. The summed E-state index contributed by atoms with van der Waals surface area (Å²) in [5.74, 6) is 0.253. The Kier molecular flexibility index (Phi) is 4.78.